The molecule has 0 saturated carbocycles. The van der Waals surface area contributed by atoms with Gasteiger partial charge in [-0.2, -0.15) is 0 Å². The summed E-state index contributed by atoms with van der Waals surface area (Å²) in [5, 5.41) is 5.99. The molecule has 1 fully saturated rings. The number of carbonyl (C=O) groups is 3. The number of hydrogen-bond donors (Lipinski definition) is 2. The van der Waals surface area contributed by atoms with E-state index >= 15 is 0 Å². The van der Waals surface area contributed by atoms with Gasteiger partial charge in [-0.15, -0.1) is 0 Å². The highest BCUT2D eigenvalue weighted by atomic mass is 35.5. The molecule has 142 valence electrons. The minimum absolute atomic E-state index is 0.00294. The van der Waals surface area contributed by atoms with Gasteiger partial charge in [0.1, 0.15) is 0 Å². The molecule has 2 N–H and O–H groups in total. The summed E-state index contributed by atoms with van der Waals surface area (Å²) in [5.41, 5.74) is 1.10. The normalized spacial score (nSPS) is 13.1. The zero-order valence-corrected chi connectivity index (χ0v) is 16.3. The summed E-state index contributed by atoms with van der Waals surface area (Å²) in [6.07, 6.45) is 0. The molecule has 0 aliphatic carbocycles. The van der Waals surface area contributed by atoms with Crippen LogP contribution in [0.3, 0.4) is 0 Å². The molecule has 8 heteroatoms. The van der Waals surface area contributed by atoms with E-state index in [0.717, 1.165) is 4.90 Å². The van der Waals surface area contributed by atoms with E-state index in [2.05, 4.69) is 10.6 Å². The molecule has 4 amide bonds. The first-order chi connectivity index (χ1) is 12.8. The fourth-order valence-corrected chi connectivity index (χ4v) is 2.80. The number of halogens is 2. The van der Waals surface area contributed by atoms with Crippen LogP contribution in [-0.4, -0.2) is 30.4 Å². The number of hydrogen-bond acceptors (Lipinski definition) is 3. The highest BCUT2D eigenvalue weighted by molar-refractivity contribution is 6.35. The summed E-state index contributed by atoms with van der Waals surface area (Å²) in [4.78, 5) is 35.0. The number of carbonyl (C=O) groups excluding carboxylic acids is 3. The van der Waals surface area contributed by atoms with Crippen LogP contribution < -0.4 is 15.5 Å². The van der Waals surface area contributed by atoms with Crippen LogP contribution in [0.1, 0.15) is 24.2 Å². The molecular formula is C19H19Cl2N3O3. The fourth-order valence-electron chi connectivity index (χ4n) is 2.29. The highest BCUT2D eigenvalue weighted by Gasteiger charge is 2.30. The van der Waals surface area contributed by atoms with E-state index < -0.39 is 6.03 Å². The van der Waals surface area contributed by atoms with E-state index in [9.17, 15) is 14.4 Å². The zero-order valence-electron chi connectivity index (χ0n) is 14.8. The van der Waals surface area contributed by atoms with Crippen LogP contribution in [0.2, 0.25) is 10.0 Å². The minimum atomic E-state index is -0.460. The second-order valence-electron chi connectivity index (χ2n) is 6.01. The lowest BCUT2D eigenvalue weighted by molar-refractivity contribution is -0.115. The predicted octanol–water partition coefficient (Wildman–Crippen LogP) is 3.87. The van der Waals surface area contributed by atoms with Crippen molar-refractivity contribution in [1.82, 2.24) is 10.6 Å². The molecule has 2 aromatic rings. The van der Waals surface area contributed by atoms with Gasteiger partial charge in [0.25, 0.3) is 11.8 Å². The molecule has 2 aromatic carbocycles. The number of urea groups is 1. The summed E-state index contributed by atoms with van der Waals surface area (Å²) in [6, 6.07) is 13.5. The van der Waals surface area contributed by atoms with E-state index in [1.165, 1.54) is 18.2 Å². The van der Waals surface area contributed by atoms with E-state index in [4.69, 9.17) is 23.2 Å². The van der Waals surface area contributed by atoms with Crippen molar-refractivity contribution in [3.05, 3.63) is 64.1 Å². The number of amides is 4. The van der Waals surface area contributed by atoms with Crippen LogP contribution in [0.5, 0.6) is 0 Å². The van der Waals surface area contributed by atoms with Crippen LogP contribution in [0.4, 0.5) is 10.5 Å². The maximum atomic E-state index is 11.4. The van der Waals surface area contributed by atoms with Crippen molar-refractivity contribution in [2.75, 3.05) is 11.4 Å². The Labute approximate surface area is 167 Å². The Bertz CT molecular complexity index is 805. The number of nitrogens with one attached hydrogen (secondary N) is 2. The first kappa shape index (κ1) is 20.7. The third kappa shape index (κ3) is 5.98. The largest absolute Gasteiger partial charge is 0.350 e. The molecule has 1 saturated heterocycles. The SMILES string of the molecule is CC(C)NC(=O)c1ccccc1.O=C1CNC(=O)N1c1cc(Cl)cc(Cl)c1. The van der Waals surface area contributed by atoms with Gasteiger partial charge in [0.05, 0.1) is 12.2 Å². The van der Waals surface area contributed by atoms with Crippen molar-refractivity contribution in [2.45, 2.75) is 19.9 Å². The van der Waals surface area contributed by atoms with Crippen LogP contribution in [0.15, 0.2) is 48.5 Å². The lowest BCUT2D eigenvalue weighted by Crippen LogP contribution is -2.30. The fraction of sp³-hybridized carbons (Fsp3) is 0.211. The molecule has 0 unspecified atom stereocenters. The summed E-state index contributed by atoms with van der Waals surface area (Å²) >= 11 is 11.5. The first-order valence-corrected chi connectivity index (χ1v) is 8.96. The standard InChI is InChI=1S/C10H13NO.C9H6Cl2N2O2/c1-8(2)11-10(12)9-6-4-3-5-7-9;10-5-1-6(11)3-7(2-5)13-8(14)4-12-9(13)15/h3-8H,1-2H3,(H,11,12);1-3H,4H2,(H,12,15). The molecular weight excluding hydrogens is 389 g/mol. The van der Waals surface area contributed by atoms with E-state index in [1.54, 1.807) is 12.1 Å². The number of benzene rings is 2. The number of anilines is 1. The maximum absolute atomic E-state index is 11.4. The topological polar surface area (TPSA) is 78.5 Å². The molecule has 27 heavy (non-hydrogen) atoms. The Hall–Kier alpha value is -2.57. The minimum Gasteiger partial charge on any atom is -0.350 e. The summed E-state index contributed by atoms with van der Waals surface area (Å²) in [6.45, 7) is 3.89. The lowest BCUT2D eigenvalue weighted by Gasteiger charge is -2.12. The smallest absolute Gasteiger partial charge is 0.329 e. The monoisotopic (exact) mass is 407 g/mol. The van der Waals surface area contributed by atoms with Crippen LogP contribution in [0.25, 0.3) is 0 Å². The molecule has 1 aliphatic rings. The van der Waals surface area contributed by atoms with Crippen LogP contribution in [0, 0.1) is 0 Å². The Morgan fingerprint density at radius 1 is 1.07 bits per heavy atom. The highest BCUT2D eigenvalue weighted by Crippen LogP contribution is 2.26. The maximum Gasteiger partial charge on any atom is 0.329 e. The molecule has 0 radical (unpaired) electrons. The van der Waals surface area contributed by atoms with Gasteiger partial charge >= 0.3 is 6.03 Å². The van der Waals surface area contributed by atoms with Gasteiger partial charge in [0.15, 0.2) is 0 Å². The van der Waals surface area contributed by atoms with Gasteiger partial charge in [-0.05, 0) is 44.2 Å². The van der Waals surface area contributed by atoms with Crippen molar-refractivity contribution < 1.29 is 14.4 Å². The summed E-state index contributed by atoms with van der Waals surface area (Å²) in [5.74, 6) is -0.330. The quantitative estimate of drug-likeness (QED) is 0.757. The predicted molar refractivity (Wildman–Crippen MR) is 106 cm³/mol. The number of imide groups is 1. The van der Waals surface area contributed by atoms with Crippen molar-refractivity contribution >= 4 is 46.7 Å². The van der Waals surface area contributed by atoms with Crippen molar-refractivity contribution in [2.24, 2.45) is 0 Å². The first-order valence-electron chi connectivity index (χ1n) is 8.20. The molecule has 3 rings (SSSR count). The number of nitrogens with zero attached hydrogens (tertiary/aromatic N) is 1. The van der Waals surface area contributed by atoms with Gasteiger partial charge in [-0.3, -0.25) is 9.59 Å². The van der Waals surface area contributed by atoms with Gasteiger partial charge in [-0.1, -0.05) is 41.4 Å². The molecule has 6 nitrogen and oxygen atoms in total. The summed E-state index contributed by atoms with van der Waals surface area (Å²) in [7, 11) is 0. The molecule has 0 atom stereocenters. The van der Waals surface area contributed by atoms with Crippen molar-refractivity contribution in [1.29, 1.82) is 0 Å². The average Bonchev–Trinajstić information content (AvgIpc) is 2.93. The van der Waals surface area contributed by atoms with Crippen LogP contribution in [-0.2, 0) is 4.79 Å². The average molecular weight is 408 g/mol. The van der Waals surface area contributed by atoms with Crippen molar-refractivity contribution in [3.8, 4) is 0 Å². The number of rotatable bonds is 3. The molecule has 1 heterocycles. The molecule has 0 spiro atoms. The van der Waals surface area contributed by atoms with Gasteiger partial charge in [-0.25, -0.2) is 9.69 Å². The second-order valence-corrected chi connectivity index (χ2v) is 6.88. The Morgan fingerprint density at radius 2 is 1.67 bits per heavy atom. The van der Waals surface area contributed by atoms with Gasteiger partial charge < -0.3 is 10.6 Å². The third-order valence-electron chi connectivity index (χ3n) is 3.40. The van der Waals surface area contributed by atoms with Crippen molar-refractivity contribution in [3.63, 3.8) is 0 Å². The lowest BCUT2D eigenvalue weighted by atomic mass is 10.2. The Morgan fingerprint density at radius 3 is 2.15 bits per heavy atom. The van der Waals surface area contributed by atoms with Gasteiger partial charge in [0, 0.05) is 21.7 Å². The third-order valence-corrected chi connectivity index (χ3v) is 3.84. The molecule has 1 aliphatic heterocycles. The molecule has 0 bridgehead atoms. The zero-order chi connectivity index (χ0) is 20.0. The molecule has 0 aromatic heterocycles. The summed E-state index contributed by atoms with van der Waals surface area (Å²) < 4.78 is 0. The Kier molecular flexibility index (Phi) is 7.21. The second kappa shape index (κ2) is 9.39. The van der Waals surface area contributed by atoms with Crippen LogP contribution >= 0.6 is 23.2 Å². The van der Waals surface area contributed by atoms with E-state index in [-0.39, 0.29) is 24.4 Å². The van der Waals surface area contributed by atoms with E-state index in [1.807, 2.05) is 32.0 Å². The van der Waals surface area contributed by atoms with Gasteiger partial charge in [0.2, 0.25) is 0 Å². The van der Waals surface area contributed by atoms with E-state index in [0.29, 0.717) is 21.3 Å². The Balaban J connectivity index is 0.000000199.